The fourth-order valence-electron chi connectivity index (χ4n) is 7.82. The van der Waals surface area contributed by atoms with Crippen LogP contribution in [0.5, 0.6) is 0 Å². The van der Waals surface area contributed by atoms with E-state index >= 15 is 0 Å². The monoisotopic (exact) mass is 398 g/mol. The molecule has 4 aliphatic rings. The van der Waals surface area contributed by atoms with Crippen molar-refractivity contribution in [3.05, 3.63) is 23.3 Å². The molecule has 4 aliphatic carbocycles. The van der Waals surface area contributed by atoms with Crippen LogP contribution in [0.4, 0.5) is 0 Å². The summed E-state index contributed by atoms with van der Waals surface area (Å²) in [6.07, 6.45) is 8.56. The lowest BCUT2D eigenvalue weighted by Crippen LogP contribution is -2.58. The summed E-state index contributed by atoms with van der Waals surface area (Å²) in [6, 6.07) is 0. The van der Waals surface area contributed by atoms with Gasteiger partial charge in [0.25, 0.3) is 0 Å². The number of allylic oxidation sites excluding steroid dienone is 4. The molecule has 0 aliphatic heterocycles. The molecule has 0 bridgehead atoms. The van der Waals surface area contributed by atoms with Crippen LogP contribution in [0.15, 0.2) is 23.3 Å². The molecule has 2 fully saturated rings. The van der Waals surface area contributed by atoms with Gasteiger partial charge in [-0.1, -0.05) is 32.4 Å². The van der Waals surface area contributed by atoms with Gasteiger partial charge in [0.15, 0.2) is 17.2 Å². The Morgan fingerprint density at radius 3 is 2.38 bits per heavy atom. The topological polar surface area (TPSA) is 60.4 Å². The van der Waals surface area contributed by atoms with Gasteiger partial charge in [-0.2, -0.15) is 0 Å². The number of fused-ring (bicyclic) bond motifs is 5. The molecule has 0 aromatic carbocycles. The second kappa shape index (κ2) is 6.39. The van der Waals surface area contributed by atoms with E-state index in [0.717, 1.165) is 25.7 Å². The van der Waals surface area contributed by atoms with E-state index in [9.17, 15) is 14.4 Å². The molecular formula is C25H34O4. The van der Waals surface area contributed by atoms with Crippen LogP contribution in [0.2, 0.25) is 0 Å². The van der Waals surface area contributed by atoms with E-state index in [1.165, 1.54) is 18.1 Å². The van der Waals surface area contributed by atoms with Crippen molar-refractivity contribution in [2.75, 3.05) is 0 Å². The molecule has 0 heterocycles. The highest BCUT2D eigenvalue weighted by molar-refractivity contribution is 5.94. The normalized spacial score (nSPS) is 46.1. The van der Waals surface area contributed by atoms with Crippen molar-refractivity contribution in [1.29, 1.82) is 0 Å². The van der Waals surface area contributed by atoms with Gasteiger partial charge in [-0.25, -0.2) is 0 Å². The number of hydrogen-bond donors (Lipinski definition) is 0. The maximum Gasteiger partial charge on any atom is 0.303 e. The van der Waals surface area contributed by atoms with Crippen molar-refractivity contribution in [3.63, 3.8) is 0 Å². The predicted molar refractivity (Wildman–Crippen MR) is 111 cm³/mol. The maximum absolute atomic E-state index is 12.8. The highest BCUT2D eigenvalue weighted by Gasteiger charge is 2.67. The Labute approximate surface area is 174 Å². The minimum absolute atomic E-state index is 0.00105. The molecule has 0 radical (unpaired) electrons. The first kappa shape index (κ1) is 20.6. The lowest BCUT2D eigenvalue weighted by atomic mass is 9.46. The van der Waals surface area contributed by atoms with Gasteiger partial charge in [0.2, 0.25) is 0 Å². The number of ketones is 2. The second-order valence-electron chi connectivity index (χ2n) is 10.6. The molecule has 0 saturated heterocycles. The van der Waals surface area contributed by atoms with Crippen LogP contribution in [0, 0.1) is 34.5 Å². The third-order valence-electron chi connectivity index (χ3n) is 9.14. The zero-order valence-corrected chi connectivity index (χ0v) is 18.6. The molecule has 0 aromatic heterocycles. The largest absolute Gasteiger partial charge is 0.451 e. The fourth-order valence-corrected chi connectivity index (χ4v) is 7.82. The van der Waals surface area contributed by atoms with Gasteiger partial charge in [-0.15, -0.1) is 0 Å². The van der Waals surface area contributed by atoms with Gasteiger partial charge in [-0.05, 0) is 80.8 Å². The van der Waals surface area contributed by atoms with Crippen molar-refractivity contribution >= 4 is 17.5 Å². The molecule has 4 heteroatoms. The number of hydrogen-bond acceptors (Lipinski definition) is 4. The van der Waals surface area contributed by atoms with E-state index in [0.29, 0.717) is 24.2 Å². The number of carbonyl (C=O) groups excluding carboxylic acids is 3. The van der Waals surface area contributed by atoms with Crippen molar-refractivity contribution in [2.45, 2.75) is 79.2 Å². The van der Waals surface area contributed by atoms with E-state index < -0.39 is 5.60 Å². The van der Waals surface area contributed by atoms with Crippen molar-refractivity contribution in [3.8, 4) is 0 Å². The van der Waals surface area contributed by atoms with E-state index in [1.807, 2.05) is 13.0 Å². The van der Waals surface area contributed by atoms with Gasteiger partial charge in [0.05, 0.1) is 0 Å². The van der Waals surface area contributed by atoms with Gasteiger partial charge < -0.3 is 4.74 Å². The minimum atomic E-state index is -0.997. The summed E-state index contributed by atoms with van der Waals surface area (Å²) in [6.45, 7) is 11.7. The van der Waals surface area contributed by atoms with E-state index in [-0.39, 0.29) is 34.3 Å². The van der Waals surface area contributed by atoms with Crippen LogP contribution in [-0.4, -0.2) is 23.1 Å². The first-order valence-corrected chi connectivity index (χ1v) is 11.1. The molecule has 0 amide bonds. The highest BCUT2D eigenvalue weighted by atomic mass is 16.6. The number of esters is 1. The molecule has 158 valence electrons. The fraction of sp³-hybridized carbons (Fsp3) is 0.720. The summed E-state index contributed by atoms with van der Waals surface area (Å²) in [5.41, 5.74) is 1.10. The van der Waals surface area contributed by atoms with Crippen LogP contribution >= 0.6 is 0 Å². The SMILES string of the molecule is CC(=O)OC1(C(C)=O)CCC2C3C=C(C)C4=CC(=O)C(C)CC4(C)C3CCC21C. The van der Waals surface area contributed by atoms with Crippen LogP contribution in [-0.2, 0) is 19.1 Å². The Morgan fingerprint density at radius 1 is 1.10 bits per heavy atom. The maximum atomic E-state index is 12.8. The molecule has 0 spiro atoms. The molecule has 0 aromatic rings. The number of Topliss-reactive ketones (excluding diaryl/α,β-unsaturated/α-hetero) is 1. The first-order valence-electron chi connectivity index (χ1n) is 11.1. The summed E-state index contributed by atoms with van der Waals surface area (Å²) in [5.74, 6) is 1.05. The third-order valence-corrected chi connectivity index (χ3v) is 9.14. The lowest BCUT2D eigenvalue weighted by molar-refractivity contribution is -0.185. The molecule has 4 rings (SSSR count). The highest BCUT2D eigenvalue weighted by Crippen LogP contribution is 2.68. The van der Waals surface area contributed by atoms with Gasteiger partial charge in [0, 0.05) is 18.3 Å². The number of ether oxygens (including phenoxy) is 1. The van der Waals surface area contributed by atoms with E-state index in [2.05, 4.69) is 26.8 Å². The molecule has 4 nitrogen and oxygen atoms in total. The Hall–Kier alpha value is -1.71. The Morgan fingerprint density at radius 2 is 1.76 bits per heavy atom. The van der Waals surface area contributed by atoms with Crippen molar-refractivity contribution in [1.82, 2.24) is 0 Å². The summed E-state index contributed by atoms with van der Waals surface area (Å²) >= 11 is 0. The van der Waals surface area contributed by atoms with Crippen LogP contribution in [0.1, 0.15) is 73.6 Å². The Balaban J connectivity index is 1.79. The number of carbonyl (C=O) groups is 3. The summed E-state index contributed by atoms with van der Waals surface area (Å²) < 4.78 is 5.84. The molecule has 7 atom stereocenters. The van der Waals surface area contributed by atoms with E-state index in [1.54, 1.807) is 6.92 Å². The smallest absolute Gasteiger partial charge is 0.303 e. The summed E-state index contributed by atoms with van der Waals surface area (Å²) in [7, 11) is 0. The Kier molecular flexibility index (Phi) is 4.53. The molecule has 2 saturated carbocycles. The minimum Gasteiger partial charge on any atom is -0.451 e. The molecular weight excluding hydrogens is 364 g/mol. The van der Waals surface area contributed by atoms with E-state index in [4.69, 9.17) is 4.74 Å². The van der Waals surface area contributed by atoms with Crippen LogP contribution < -0.4 is 0 Å². The quantitative estimate of drug-likeness (QED) is 0.626. The van der Waals surface area contributed by atoms with Crippen LogP contribution in [0.25, 0.3) is 0 Å². The van der Waals surface area contributed by atoms with Crippen LogP contribution in [0.3, 0.4) is 0 Å². The number of rotatable bonds is 2. The zero-order chi connectivity index (χ0) is 21.4. The zero-order valence-electron chi connectivity index (χ0n) is 18.6. The molecule has 29 heavy (non-hydrogen) atoms. The molecule has 0 N–H and O–H groups in total. The lowest BCUT2D eigenvalue weighted by Gasteiger charge is -2.58. The van der Waals surface area contributed by atoms with Crippen molar-refractivity contribution in [2.24, 2.45) is 34.5 Å². The average molecular weight is 399 g/mol. The molecule has 7 unspecified atom stereocenters. The third kappa shape index (κ3) is 2.60. The van der Waals surface area contributed by atoms with Gasteiger partial charge >= 0.3 is 5.97 Å². The second-order valence-corrected chi connectivity index (χ2v) is 10.6. The first-order chi connectivity index (χ1) is 13.5. The van der Waals surface area contributed by atoms with Gasteiger partial charge in [-0.3, -0.25) is 14.4 Å². The average Bonchev–Trinajstić information content (AvgIpc) is 2.91. The van der Waals surface area contributed by atoms with Gasteiger partial charge in [0.1, 0.15) is 0 Å². The van der Waals surface area contributed by atoms with Crippen molar-refractivity contribution < 1.29 is 19.1 Å². The summed E-state index contributed by atoms with van der Waals surface area (Å²) in [4.78, 5) is 37.2. The standard InChI is InChI=1S/C25H34O4/c1-14-11-18-19(23(5)13-15(2)22(28)12-21(14)23)7-9-24(6)20(18)8-10-25(24,16(3)26)29-17(4)27/h11-12,15,18-20H,7-10,13H2,1-6H3. The summed E-state index contributed by atoms with van der Waals surface area (Å²) in [5, 5.41) is 0. The predicted octanol–water partition coefficient (Wildman–Crippen LogP) is 4.82. The Bertz CT molecular complexity index is 851.